The van der Waals surface area contributed by atoms with Crippen LogP contribution in [0.5, 0.6) is 5.75 Å². The average Bonchev–Trinajstić information content (AvgIpc) is 3.31. The molecular formula is C20H26N4O3. The van der Waals surface area contributed by atoms with Gasteiger partial charge in [0.2, 0.25) is 5.91 Å². The molecular weight excluding hydrogens is 344 g/mol. The third-order valence-electron chi connectivity index (χ3n) is 5.97. The lowest BCUT2D eigenvalue weighted by atomic mass is 9.76. The minimum atomic E-state index is -0.633. The van der Waals surface area contributed by atoms with Crippen molar-refractivity contribution in [3.63, 3.8) is 0 Å². The van der Waals surface area contributed by atoms with Crippen molar-refractivity contribution in [3.05, 3.63) is 41.7 Å². The van der Waals surface area contributed by atoms with Crippen LogP contribution in [0.25, 0.3) is 0 Å². The number of methoxy groups -OCH3 is 1. The molecule has 0 radical (unpaired) electrons. The Balaban J connectivity index is 1.50. The second-order valence-electron chi connectivity index (χ2n) is 7.68. The Hall–Kier alpha value is -2.41. The number of aromatic nitrogens is 3. The van der Waals surface area contributed by atoms with E-state index >= 15 is 0 Å². The second kappa shape index (κ2) is 6.96. The SMILES string of the molecule is COc1cccc(C2(C(=O)N3CC(n4cc([C@H](C)O)nn4)C3)CCCC2)c1. The molecule has 1 amide bonds. The van der Waals surface area contributed by atoms with Gasteiger partial charge >= 0.3 is 0 Å². The highest BCUT2D eigenvalue weighted by Gasteiger charge is 2.48. The number of hydrogen-bond acceptors (Lipinski definition) is 5. The second-order valence-corrected chi connectivity index (χ2v) is 7.68. The van der Waals surface area contributed by atoms with Crippen LogP contribution in [0.2, 0.25) is 0 Å². The molecule has 27 heavy (non-hydrogen) atoms. The quantitative estimate of drug-likeness (QED) is 0.873. The largest absolute Gasteiger partial charge is 0.497 e. The Morgan fingerprint density at radius 2 is 2.07 bits per heavy atom. The van der Waals surface area contributed by atoms with Crippen molar-refractivity contribution >= 4 is 5.91 Å². The molecule has 1 aliphatic carbocycles. The normalized spacial score (nSPS) is 20.3. The monoisotopic (exact) mass is 370 g/mol. The van der Waals surface area contributed by atoms with Gasteiger partial charge in [0.1, 0.15) is 11.4 Å². The van der Waals surface area contributed by atoms with Crippen LogP contribution in [0, 0.1) is 0 Å². The summed E-state index contributed by atoms with van der Waals surface area (Å²) in [6, 6.07) is 8.06. The van der Waals surface area contributed by atoms with Crippen molar-refractivity contribution in [3.8, 4) is 5.75 Å². The summed E-state index contributed by atoms with van der Waals surface area (Å²) in [5.41, 5.74) is 1.18. The summed E-state index contributed by atoms with van der Waals surface area (Å²) < 4.78 is 7.14. The molecule has 2 aromatic rings. The first kappa shape index (κ1) is 18.0. The summed E-state index contributed by atoms with van der Waals surface area (Å²) in [5.74, 6) is 1.00. The zero-order chi connectivity index (χ0) is 19.0. The van der Waals surface area contributed by atoms with E-state index in [-0.39, 0.29) is 11.9 Å². The van der Waals surface area contributed by atoms with Crippen molar-refractivity contribution in [1.29, 1.82) is 0 Å². The fourth-order valence-corrected chi connectivity index (χ4v) is 4.28. The highest BCUT2D eigenvalue weighted by atomic mass is 16.5. The van der Waals surface area contributed by atoms with Crippen LogP contribution in [-0.2, 0) is 10.2 Å². The van der Waals surface area contributed by atoms with E-state index in [0.717, 1.165) is 37.0 Å². The predicted molar refractivity (Wildman–Crippen MR) is 99.4 cm³/mol. The molecule has 144 valence electrons. The van der Waals surface area contributed by atoms with E-state index in [0.29, 0.717) is 18.8 Å². The summed E-state index contributed by atoms with van der Waals surface area (Å²) in [6.45, 7) is 2.93. The lowest BCUT2D eigenvalue weighted by molar-refractivity contribution is -0.143. The highest BCUT2D eigenvalue weighted by Crippen LogP contribution is 2.44. The first-order chi connectivity index (χ1) is 13.0. The number of hydrogen-bond donors (Lipinski definition) is 1. The minimum absolute atomic E-state index is 0.123. The number of rotatable bonds is 5. The number of nitrogens with zero attached hydrogens (tertiary/aromatic N) is 4. The molecule has 1 aliphatic heterocycles. The smallest absolute Gasteiger partial charge is 0.233 e. The molecule has 0 spiro atoms. The van der Waals surface area contributed by atoms with Gasteiger partial charge in [0.15, 0.2) is 0 Å². The summed E-state index contributed by atoms with van der Waals surface area (Å²) in [4.78, 5) is 15.4. The van der Waals surface area contributed by atoms with Crippen molar-refractivity contribution < 1.29 is 14.6 Å². The van der Waals surface area contributed by atoms with Gasteiger partial charge in [-0.1, -0.05) is 30.2 Å². The Morgan fingerprint density at radius 1 is 1.33 bits per heavy atom. The molecule has 7 heteroatoms. The molecule has 2 aliphatic rings. The Morgan fingerprint density at radius 3 is 2.70 bits per heavy atom. The topological polar surface area (TPSA) is 80.5 Å². The van der Waals surface area contributed by atoms with Crippen LogP contribution in [-0.4, -0.2) is 51.1 Å². The average molecular weight is 370 g/mol. The molecule has 0 unspecified atom stereocenters. The molecule has 1 aromatic carbocycles. The molecule has 7 nitrogen and oxygen atoms in total. The van der Waals surface area contributed by atoms with E-state index in [9.17, 15) is 9.90 Å². The first-order valence-corrected chi connectivity index (χ1v) is 9.57. The molecule has 2 heterocycles. The van der Waals surface area contributed by atoms with Gasteiger partial charge in [-0.3, -0.25) is 4.79 Å². The van der Waals surface area contributed by atoms with Gasteiger partial charge in [0.05, 0.1) is 30.9 Å². The van der Waals surface area contributed by atoms with Gasteiger partial charge < -0.3 is 14.7 Å². The molecule has 1 saturated carbocycles. The van der Waals surface area contributed by atoms with Crippen LogP contribution in [0.15, 0.2) is 30.5 Å². The van der Waals surface area contributed by atoms with Gasteiger partial charge in [-0.25, -0.2) is 4.68 Å². The molecule has 2 fully saturated rings. The van der Waals surface area contributed by atoms with Gasteiger partial charge in [-0.2, -0.15) is 0 Å². The van der Waals surface area contributed by atoms with Gasteiger partial charge in [0, 0.05) is 13.1 Å². The van der Waals surface area contributed by atoms with E-state index in [2.05, 4.69) is 16.4 Å². The molecule has 1 N–H and O–H groups in total. The van der Waals surface area contributed by atoms with E-state index in [1.54, 1.807) is 24.9 Å². The van der Waals surface area contributed by atoms with Gasteiger partial charge in [-0.05, 0) is 37.5 Å². The molecule has 1 aromatic heterocycles. The molecule has 1 saturated heterocycles. The van der Waals surface area contributed by atoms with Gasteiger partial charge in [0.25, 0.3) is 0 Å². The lowest BCUT2D eigenvalue weighted by Gasteiger charge is -2.44. The van der Waals surface area contributed by atoms with Crippen LogP contribution in [0.3, 0.4) is 0 Å². The van der Waals surface area contributed by atoms with E-state index < -0.39 is 11.5 Å². The number of carbonyl (C=O) groups is 1. The minimum Gasteiger partial charge on any atom is -0.497 e. The number of benzene rings is 1. The standard InChI is InChI=1S/C20H26N4O3/c1-14(25)18-13-24(22-21-18)16-11-23(12-16)19(26)20(8-3-4-9-20)15-6-5-7-17(10-15)27-2/h5-7,10,13-14,16,25H,3-4,8-9,11-12H2,1-2H3/t14-/m0/s1. The van der Waals surface area contributed by atoms with Crippen LogP contribution in [0.4, 0.5) is 0 Å². The summed E-state index contributed by atoms with van der Waals surface area (Å²) in [6.07, 6.45) is 5.05. The third kappa shape index (κ3) is 3.10. The molecule has 1 atom stereocenters. The highest BCUT2D eigenvalue weighted by molar-refractivity contribution is 5.89. The Labute approximate surface area is 158 Å². The van der Waals surface area contributed by atoms with Crippen molar-refractivity contribution in [2.24, 2.45) is 0 Å². The number of amides is 1. The molecule has 4 rings (SSSR count). The first-order valence-electron chi connectivity index (χ1n) is 9.57. The Bertz CT molecular complexity index is 820. The summed E-state index contributed by atoms with van der Waals surface area (Å²) in [7, 11) is 1.65. The number of ether oxygens (including phenoxy) is 1. The third-order valence-corrected chi connectivity index (χ3v) is 5.97. The number of aliphatic hydroxyl groups is 1. The fourth-order valence-electron chi connectivity index (χ4n) is 4.28. The van der Waals surface area contributed by atoms with Crippen LogP contribution >= 0.6 is 0 Å². The number of aliphatic hydroxyl groups excluding tert-OH is 1. The van der Waals surface area contributed by atoms with Crippen molar-refractivity contribution in [1.82, 2.24) is 19.9 Å². The summed E-state index contributed by atoms with van der Waals surface area (Å²) in [5, 5.41) is 17.7. The predicted octanol–water partition coefficient (Wildman–Crippen LogP) is 2.24. The lowest BCUT2D eigenvalue weighted by Crippen LogP contribution is -2.56. The maximum absolute atomic E-state index is 13.4. The molecule has 0 bridgehead atoms. The van der Waals surface area contributed by atoms with E-state index in [1.165, 1.54) is 0 Å². The zero-order valence-corrected chi connectivity index (χ0v) is 15.8. The maximum atomic E-state index is 13.4. The summed E-state index contributed by atoms with van der Waals surface area (Å²) >= 11 is 0. The van der Waals surface area contributed by atoms with Gasteiger partial charge in [-0.15, -0.1) is 5.10 Å². The fraction of sp³-hybridized carbons (Fsp3) is 0.550. The van der Waals surface area contributed by atoms with Crippen molar-refractivity contribution in [2.75, 3.05) is 20.2 Å². The maximum Gasteiger partial charge on any atom is 0.233 e. The van der Waals surface area contributed by atoms with Crippen LogP contribution < -0.4 is 4.74 Å². The van der Waals surface area contributed by atoms with E-state index in [4.69, 9.17) is 4.74 Å². The number of likely N-dealkylation sites (tertiary alicyclic amines) is 1. The van der Waals surface area contributed by atoms with Crippen molar-refractivity contribution in [2.45, 2.75) is 50.2 Å². The van der Waals surface area contributed by atoms with Crippen LogP contribution in [0.1, 0.15) is 56.0 Å². The zero-order valence-electron chi connectivity index (χ0n) is 15.8. The number of carbonyl (C=O) groups excluding carboxylic acids is 1. The Kier molecular flexibility index (Phi) is 4.63. The van der Waals surface area contributed by atoms with E-state index in [1.807, 2.05) is 23.1 Å².